The smallest absolute Gasteiger partial charge is 0.274 e. The zero-order valence-corrected chi connectivity index (χ0v) is 16.0. The molecule has 2 heterocycles. The minimum atomic E-state index is -1.75. The van der Waals surface area contributed by atoms with Crippen molar-refractivity contribution in [3.8, 4) is 11.3 Å². The topological polar surface area (TPSA) is 67.9 Å². The SMILES string of the molecule is CC(C)(C)[Si](C)(C)OCC=Cc1c[nH]c(=O)c(-c2ccncc2)n1. The molecule has 0 aromatic carbocycles. The summed E-state index contributed by atoms with van der Waals surface area (Å²) in [5.41, 5.74) is 1.63. The summed E-state index contributed by atoms with van der Waals surface area (Å²) in [5, 5.41) is 0.186. The molecule has 2 rings (SSSR count). The van der Waals surface area contributed by atoms with Gasteiger partial charge in [-0.2, -0.15) is 0 Å². The van der Waals surface area contributed by atoms with Gasteiger partial charge in [-0.1, -0.05) is 26.8 Å². The average molecular weight is 344 g/mol. The van der Waals surface area contributed by atoms with E-state index in [1.807, 2.05) is 12.2 Å². The van der Waals surface area contributed by atoms with E-state index in [2.05, 4.69) is 48.8 Å². The zero-order valence-electron chi connectivity index (χ0n) is 15.0. The fourth-order valence-corrected chi connectivity index (χ4v) is 2.80. The summed E-state index contributed by atoms with van der Waals surface area (Å²) in [6.07, 6.45) is 8.71. The molecule has 0 atom stereocenters. The summed E-state index contributed by atoms with van der Waals surface area (Å²) in [7, 11) is -1.75. The Balaban J connectivity index is 2.10. The maximum atomic E-state index is 12.0. The molecule has 0 aliphatic carbocycles. The minimum absolute atomic E-state index is 0.186. The molecule has 128 valence electrons. The summed E-state index contributed by atoms with van der Waals surface area (Å²) >= 11 is 0. The summed E-state index contributed by atoms with van der Waals surface area (Å²) in [5.74, 6) is 0. The van der Waals surface area contributed by atoms with Gasteiger partial charge in [0, 0.05) is 24.2 Å². The molecule has 0 spiro atoms. The van der Waals surface area contributed by atoms with Gasteiger partial charge in [0.1, 0.15) is 5.69 Å². The van der Waals surface area contributed by atoms with Crippen LogP contribution in [-0.2, 0) is 4.43 Å². The van der Waals surface area contributed by atoms with Gasteiger partial charge in [0.25, 0.3) is 5.56 Å². The van der Waals surface area contributed by atoms with Crippen molar-refractivity contribution in [3.05, 3.63) is 52.8 Å². The summed E-state index contributed by atoms with van der Waals surface area (Å²) < 4.78 is 6.10. The third kappa shape index (κ3) is 4.49. The molecule has 24 heavy (non-hydrogen) atoms. The molecule has 0 aliphatic heterocycles. The lowest BCUT2D eigenvalue weighted by Crippen LogP contribution is -2.40. The molecule has 0 saturated carbocycles. The number of nitrogens with one attached hydrogen (secondary N) is 1. The first kappa shape index (κ1) is 18.3. The van der Waals surface area contributed by atoms with Crippen molar-refractivity contribution in [2.24, 2.45) is 0 Å². The maximum absolute atomic E-state index is 12.0. The van der Waals surface area contributed by atoms with E-state index in [0.29, 0.717) is 18.0 Å². The van der Waals surface area contributed by atoms with Gasteiger partial charge in [0.15, 0.2) is 8.32 Å². The third-order valence-electron chi connectivity index (χ3n) is 4.40. The van der Waals surface area contributed by atoms with Crippen LogP contribution in [0.3, 0.4) is 0 Å². The van der Waals surface area contributed by atoms with Crippen LogP contribution in [0.5, 0.6) is 0 Å². The highest BCUT2D eigenvalue weighted by Crippen LogP contribution is 2.36. The van der Waals surface area contributed by atoms with Gasteiger partial charge in [-0.3, -0.25) is 9.78 Å². The van der Waals surface area contributed by atoms with Crippen LogP contribution >= 0.6 is 0 Å². The number of hydrogen-bond acceptors (Lipinski definition) is 4. The summed E-state index contributed by atoms with van der Waals surface area (Å²) in [6.45, 7) is 11.6. The monoisotopic (exact) mass is 343 g/mol. The molecule has 0 unspecified atom stereocenters. The first-order valence-corrected chi connectivity index (χ1v) is 10.9. The van der Waals surface area contributed by atoms with Crippen LogP contribution in [0.15, 0.2) is 41.6 Å². The molecule has 1 N–H and O–H groups in total. The van der Waals surface area contributed by atoms with Crippen LogP contribution in [-0.4, -0.2) is 29.9 Å². The fourth-order valence-electron chi connectivity index (χ4n) is 1.85. The van der Waals surface area contributed by atoms with E-state index in [1.165, 1.54) is 0 Å². The minimum Gasteiger partial charge on any atom is -0.413 e. The average Bonchev–Trinajstić information content (AvgIpc) is 2.53. The molecule has 2 aromatic rings. The highest BCUT2D eigenvalue weighted by atomic mass is 28.4. The molecule has 0 radical (unpaired) electrons. The Labute approximate surface area is 144 Å². The van der Waals surface area contributed by atoms with E-state index >= 15 is 0 Å². The summed E-state index contributed by atoms with van der Waals surface area (Å²) in [6, 6.07) is 3.54. The number of pyridine rings is 1. The van der Waals surface area contributed by atoms with Gasteiger partial charge in [-0.15, -0.1) is 0 Å². The van der Waals surface area contributed by atoms with Crippen LogP contribution in [0.1, 0.15) is 26.5 Å². The normalized spacial score (nSPS) is 12.7. The van der Waals surface area contributed by atoms with Gasteiger partial charge < -0.3 is 9.41 Å². The second-order valence-corrected chi connectivity index (χ2v) is 12.0. The lowest BCUT2D eigenvalue weighted by Gasteiger charge is -2.35. The number of H-pyrrole nitrogens is 1. The van der Waals surface area contributed by atoms with Crippen molar-refractivity contribution in [2.75, 3.05) is 6.61 Å². The highest BCUT2D eigenvalue weighted by molar-refractivity contribution is 6.74. The van der Waals surface area contributed by atoms with Crippen molar-refractivity contribution in [2.45, 2.75) is 38.9 Å². The number of aromatic nitrogens is 3. The third-order valence-corrected chi connectivity index (χ3v) is 8.90. The Morgan fingerprint density at radius 1 is 1.25 bits per heavy atom. The quantitative estimate of drug-likeness (QED) is 0.837. The molecule has 0 fully saturated rings. The molecule has 0 amide bonds. The van der Waals surface area contributed by atoms with E-state index < -0.39 is 8.32 Å². The van der Waals surface area contributed by atoms with Crippen LogP contribution in [0.2, 0.25) is 18.1 Å². The molecular weight excluding hydrogens is 318 g/mol. The number of rotatable bonds is 5. The highest BCUT2D eigenvalue weighted by Gasteiger charge is 2.36. The number of hydrogen-bond donors (Lipinski definition) is 1. The van der Waals surface area contributed by atoms with E-state index in [4.69, 9.17) is 4.43 Å². The number of aromatic amines is 1. The van der Waals surface area contributed by atoms with E-state index in [0.717, 1.165) is 5.56 Å². The Bertz CT molecular complexity index is 762. The molecule has 0 saturated heterocycles. The van der Waals surface area contributed by atoms with E-state index in [9.17, 15) is 4.79 Å². The van der Waals surface area contributed by atoms with Gasteiger partial charge in [-0.25, -0.2) is 4.98 Å². The predicted octanol–water partition coefficient (Wildman–Crippen LogP) is 3.87. The molecule has 5 nitrogen and oxygen atoms in total. The molecule has 0 aliphatic rings. The van der Waals surface area contributed by atoms with Crippen molar-refractivity contribution in [1.82, 2.24) is 15.0 Å². The van der Waals surface area contributed by atoms with Crippen molar-refractivity contribution in [1.29, 1.82) is 0 Å². The Hall–Kier alpha value is -2.05. The van der Waals surface area contributed by atoms with Crippen LogP contribution in [0.25, 0.3) is 17.3 Å². The van der Waals surface area contributed by atoms with Crippen molar-refractivity contribution >= 4 is 14.4 Å². The largest absolute Gasteiger partial charge is 0.413 e. The van der Waals surface area contributed by atoms with Crippen molar-refractivity contribution in [3.63, 3.8) is 0 Å². The first-order chi connectivity index (χ1) is 11.2. The van der Waals surface area contributed by atoms with E-state index in [-0.39, 0.29) is 10.6 Å². The standard InChI is InChI=1S/C18H25N3O2Si/c1-18(2,3)24(4,5)23-12-6-7-15-13-20-17(22)16(21-15)14-8-10-19-11-9-14/h6-11,13H,12H2,1-5H3,(H,20,22). The second kappa shape index (κ2) is 7.23. The van der Waals surface area contributed by atoms with Gasteiger partial charge >= 0.3 is 0 Å². The lowest BCUT2D eigenvalue weighted by molar-refractivity contribution is 0.328. The predicted molar refractivity (Wildman–Crippen MR) is 100 cm³/mol. The van der Waals surface area contributed by atoms with E-state index in [1.54, 1.807) is 30.7 Å². The van der Waals surface area contributed by atoms with Crippen LogP contribution in [0, 0.1) is 0 Å². The maximum Gasteiger partial charge on any atom is 0.274 e. The van der Waals surface area contributed by atoms with Gasteiger partial charge in [0.05, 0.1) is 12.3 Å². The van der Waals surface area contributed by atoms with Crippen molar-refractivity contribution < 1.29 is 4.43 Å². The Kier molecular flexibility index (Phi) is 5.51. The van der Waals surface area contributed by atoms with Crippen LogP contribution < -0.4 is 5.56 Å². The zero-order chi connectivity index (χ0) is 17.8. The van der Waals surface area contributed by atoms with Gasteiger partial charge in [0.2, 0.25) is 0 Å². The lowest BCUT2D eigenvalue weighted by atomic mass is 10.2. The number of nitrogens with zero attached hydrogens (tertiary/aromatic N) is 2. The second-order valence-electron chi connectivity index (χ2n) is 7.21. The van der Waals surface area contributed by atoms with Crippen LogP contribution in [0.4, 0.5) is 0 Å². The first-order valence-electron chi connectivity index (χ1n) is 8.01. The molecule has 0 bridgehead atoms. The summed E-state index contributed by atoms with van der Waals surface area (Å²) in [4.78, 5) is 23.1. The Morgan fingerprint density at radius 3 is 2.54 bits per heavy atom. The van der Waals surface area contributed by atoms with Gasteiger partial charge in [-0.05, 0) is 36.3 Å². The molecule has 2 aromatic heterocycles. The molecular formula is C18H25N3O2Si. The fraction of sp³-hybridized carbons (Fsp3) is 0.389. The Morgan fingerprint density at radius 2 is 1.92 bits per heavy atom. The molecule has 6 heteroatoms.